The zero-order valence-corrected chi connectivity index (χ0v) is 7.57. The number of anilines is 1. The molecule has 0 aliphatic rings. The zero-order chi connectivity index (χ0) is 10.7. The Bertz CT molecular complexity index is 388. The highest BCUT2D eigenvalue weighted by Gasteiger charge is 2.06. The van der Waals surface area contributed by atoms with Gasteiger partial charge in [-0.05, 0) is 24.6 Å². The molecule has 0 heterocycles. The van der Waals surface area contributed by atoms with E-state index in [0.29, 0.717) is 5.69 Å². The van der Waals surface area contributed by atoms with Crippen molar-refractivity contribution in [2.24, 2.45) is 5.73 Å². The fourth-order valence-electron chi connectivity index (χ4n) is 1.02. The monoisotopic (exact) mass is 194 g/mol. The van der Waals surface area contributed by atoms with Crippen molar-refractivity contribution in [3.05, 3.63) is 29.3 Å². The van der Waals surface area contributed by atoms with E-state index in [9.17, 15) is 9.59 Å². The summed E-state index contributed by atoms with van der Waals surface area (Å²) in [6, 6.07) is 3.72. The smallest absolute Gasteiger partial charge is 0.335 e. The van der Waals surface area contributed by atoms with Crippen LogP contribution < -0.4 is 11.1 Å². The largest absolute Gasteiger partial charge is 0.478 e. The van der Waals surface area contributed by atoms with Crippen LogP contribution in [0, 0.1) is 6.92 Å². The molecular weight excluding hydrogens is 184 g/mol. The zero-order valence-electron chi connectivity index (χ0n) is 7.57. The number of primary amides is 1. The van der Waals surface area contributed by atoms with E-state index in [-0.39, 0.29) is 5.56 Å². The maximum absolute atomic E-state index is 10.6. The summed E-state index contributed by atoms with van der Waals surface area (Å²) in [6.45, 7) is 1.75. The van der Waals surface area contributed by atoms with Gasteiger partial charge in [-0.15, -0.1) is 0 Å². The highest BCUT2D eigenvalue weighted by atomic mass is 16.4. The first kappa shape index (κ1) is 10.0. The highest BCUT2D eigenvalue weighted by molar-refractivity contribution is 5.93. The van der Waals surface area contributed by atoms with E-state index in [1.807, 2.05) is 0 Å². The third kappa shape index (κ3) is 2.22. The molecule has 5 nitrogen and oxygen atoms in total. The molecule has 1 aromatic carbocycles. The van der Waals surface area contributed by atoms with Gasteiger partial charge in [0.15, 0.2) is 0 Å². The van der Waals surface area contributed by atoms with Crippen molar-refractivity contribution in [1.82, 2.24) is 0 Å². The van der Waals surface area contributed by atoms with Crippen LogP contribution in [0.4, 0.5) is 10.5 Å². The molecular formula is C9H10N2O3. The van der Waals surface area contributed by atoms with Gasteiger partial charge in [0.25, 0.3) is 0 Å². The van der Waals surface area contributed by atoms with Gasteiger partial charge in [0.1, 0.15) is 0 Å². The van der Waals surface area contributed by atoms with Gasteiger partial charge in [0, 0.05) is 5.69 Å². The Morgan fingerprint density at radius 3 is 2.57 bits per heavy atom. The van der Waals surface area contributed by atoms with E-state index in [0.717, 1.165) is 5.56 Å². The Morgan fingerprint density at radius 1 is 1.43 bits per heavy atom. The summed E-state index contributed by atoms with van der Waals surface area (Å²) in [6.07, 6.45) is 0. The number of hydrogen-bond acceptors (Lipinski definition) is 2. The summed E-state index contributed by atoms with van der Waals surface area (Å²) in [7, 11) is 0. The number of carboxylic acid groups (broad SMARTS) is 1. The predicted molar refractivity (Wildman–Crippen MR) is 51.3 cm³/mol. The minimum atomic E-state index is -1.04. The van der Waals surface area contributed by atoms with Gasteiger partial charge in [0.2, 0.25) is 0 Å². The van der Waals surface area contributed by atoms with Crippen molar-refractivity contribution in [3.8, 4) is 0 Å². The Labute approximate surface area is 80.5 Å². The van der Waals surface area contributed by atoms with Crippen molar-refractivity contribution < 1.29 is 14.7 Å². The van der Waals surface area contributed by atoms with E-state index in [2.05, 4.69) is 5.32 Å². The number of carbonyl (C=O) groups is 2. The molecule has 74 valence electrons. The number of aromatic carboxylic acids is 1. The normalized spacial score (nSPS) is 9.50. The standard InChI is InChI=1S/C9H10N2O3/c1-5-2-3-6(8(12)13)4-7(5)11-9(10)14/h2-4H,1H3,(H,12,13)(H3,10,11,14). The number of benzene rings is 1. The molecule has 2 amide bonds. The average Bonchev–Trinajstić information content (AvgIpc) is 2.07. The average molecular weight is 194 g/mol. The van der Waals surface area contributed by atoms with Gasteiger partial charge >= 0.3 is 12.0 Å². The number of amides is 2. The molecule has 0 bridgehead atoms. The Kier molecular flexibility index (Phi) is 2.71. The van der Waals surface area contributed by atoms with Gasteiger partial charge in [-0.2, -0.15) is 0 Å². The van der Waals surface area contributed by atoms with Crippen LogP contribution >= 0.6 is 0 Å². The first-order valence-corrected chi connectivity index (χ1v) is 3.91. The van der Waals surface area contributed by atoms with Crippen LogP contribution in [-0.4, -0.2) is 17.1 Å². The molecule has 14 heavy (non-hydrogen) atoms. The number of nitrogens with two attached hydrogens (primary N) is 1. The maximum Gasteiger partial charge on any atom is 0.335 e. The van der Waals surface area contributed by atoms with Crippen LogP contribution in [0.3, 0.4) is 0 Å². The number of hydrogen-bond donors (Lipinski definition) is 3. The summed E-state index contributed by atoms with van der Waals surface area (Å²) in [5, 5.41) is 11.0. The van der Waals surface area contributed by atoms with E-state index in [1.165, 1.54) is 12.1 Å². The molecule has 0 atom stereocenters. The predicted octanol–water partition coefficient (Wildman–Crippen LogP) is 1.18. The third-order valence-electron chi connectivity index (χ3n) is 1.74. The fourth-order valence-corrected chi connectivity index (χ4v) is 1.02. The van der Waals surface area contributed by atoms with E-state index in [4.69, 9.17) is 10.8 Å². The van der Waals surface area contributed by atoms with Crippen LogP contribution in [0.5, 0.6) is 0 Å². The summed E-state index contributed by atoms with van der Waals surface area (Å²) < 4.78 is 0. The summed E-state index contributed by atoms with van der Waals surface area (Å²) in [5.41, 5.74) is 6.20. The third-order valence-corrected chi connectivity index (χ3v) is 1.74. The van der Waals surface area contributed by atoms with Crippen LogP contribution in [-0.2, 0) is 0 Å². The second kappa shape index (κ2) is 3.78. The summed E-state index contributed by atoms with van der Waals surface area (Å²) in [5.74, 6) is -1.04. The molecule has 0 saturated heterocycles. The quantitative estimate of drug-likeness (QED) is 0.660. The van der Waals surface area contributed by atoms with Crippen molar-refractivity contribution in [2.75, 3.05) is 5.32 Å². The number of rotatable bonds is 2. The lowest BCUT2D eigenvalue weighted by molar-refractivity contribution is 0.0697. The van der Waals surface area contributed by atoms with E-state index < -0.39 is 12.0 Å². The summed E-state index contributed by atoms with van der Waals surface area (Å²) >= 11 is 0. The molecule has 1 aromatic rings. The lowest BCUT2D eigenvalue weighted by Crippen LogP contribution is -2.20. The Balaban J connectivity index is 3.08. The maximum atomic E-state index is 10.6. The second-order valence-corrected chi connectivity index (χ2v) is 2.82. The van der Waals surface area contributed by atoms with Crippen molar-refractivity contribution >= 4 is 17.7 Å². The SMILES string of the molecule is Cc1ccc(C(=O)O)cc1NC(N)=O. The number of nitrogens with one attached hydrogen (secondary N) is 1. The number of aryl methyl sites for hydroxylation is 1. The number of urea groups is 1. The molecule has 4 N–H and O–H groups in total. The first-order valence-electron chi connectivity index (χ1n) is 3.91. The van der Waals surface area contributed by atoms with E-state index in [1.54, 1.807) is 13.0 Å². The molecule has 0 radical (unpaired) electrons. The molecule has 0 aliphatic heterocycles. The van der Waals surface area contributed by atoms with Crippen LogP contribution in [0.15, 0.2) is 18.2 Å². The topological polar surface area (TPSA) is 92.4 Å². The van der Waals surface area contributed by atoms with Crippen LogP contribution in [0.25, 0.3) is 0 Å². The molecule has 0 saturated carbocycles. The second-order valence-electron chi connectivity index (χ2n) is 2.82. The van der Waals surface area contributed by atoms with Gasteiger partial charge in [-0.1, -0.05) is 6.07 Å². The van der Waals surface area contributed by atoms with Gasteiger partial charge < -0.3 is 16.2 Å². The minimum absolute atomic E-state index is 0.111. The van der Waals surface area contributed by atoms with Gasteiger partial charge in [0.05, 0.1) is 5.56 Å². The van der Waals surface area contributed by atoms with Gasteiger partial charge in [-0.3, -0.25) is 0 Å². The lowest BCUT2D eigenvalue weighted by Gasteiger charge is -2.06. The van der Waals surface area contributed by atoms with Crippen LogP contribution in [0.2, 0.25) is 0 Å². The van der Waals surface area contributed by atoms with Crippen molar-refractivity contribution in [2.45, 2.75) is 6.92 Å². The van der Waals surface area contributed by atoms with Crippen molar-refractivity contribution in [3.63, 3.8) is 0 Å². The van der Waals surface area contributed by atoms with Crippen LogP contribution in [0.1, 0.15) is 15.9 Å². The lowest BCUT2D eigenvalue weighted by atomic mass is 10.1. The summed E-state index contributed by atoms with van der Waals surface area (Å²) in [4.78, 5) is 21.2. The van der Waals surface area contributed by atoms with Gasteiger partial charge in [-0.25, -0.2) is 9.59 Å². The Hall–Kier alpha value is -2.04. The first-order chi connectivity index (χ1) is 6.50. The minimum Gasteiger partial charge on any atom is -0.478 e. The van der Waals surface area contributed by atoms with E-state index >= 15 is 0 Å². The Morgan fingerprint density at radius 2 is 2.07 bits per heavy atom. The highest BCUT2D eigenvalue weighted by Crippen LogP contribution is 2.16. The molecule has 0 unspecified atom stereocenters. The molecule has 1 rings (SSSR count). The fraction of sp³-hybridized carbons (Fsp3) is 0.111. The number of carbonyl (C=O) groups excluding carboxylic acids is 1. The molecule has 0 fully saturated rings. The molecule has 0 spiro atoms. The number of carboxylic acids is 1. The molecule has 5 heteroatoms. The molecule has 0 aliphatic carbocycles. The molecule has 0 aromatic heterocycles. The van der Waals surface area contributed by atoms with Crippen molar-refractivity contribution in [1.29, 1.82) is 0 Å².